The highest BCUT2D eigenvalue weighted by molar-refractivity contribution is 6.30. The number of nitriles is 1. The van der Waals surface area contributed by atoms with Gasteiger partial charge in [-0.2, -0.15) is 10.4 Å². The minimum atomic E-state index is -0.361. The summed E-state index contributed by atoms with van der Waals surface area (Å²) < 4.78 is 7.47. The van der Waals surface area contributed by atoms with E-state index in [1.54, 1.807) is 29.2 Å². The van der Waals surface area contributed by atoms with Crippen molar-refractivity contribution >= 4 is 11.6 Å². The van der Waals surface area contributed by atoms with Gasteiger partial charge in [0.25, 0.3) is 0 Å². The zero-order chi connectivity index (χ0) is 18.3. The van der Waals surface area contributed by atoms with Gasteiger partial charge in [0.1, 0.15) is 11.6 Å². The van der Waals surface area contributed by atoms with Crippen LogP contribution >= 0.6 is 11.6 Å². The maximum atomic E-state index is 9.64. The van der Waals surface area contributed by atoms with Crippen LogP contribution in [0.25, 0.3) is 5.69 Å². The number of aromatic nitrogens is 3. The number of aryl methyl sites for hydroxylation is 1. The lowest BCUT2D eigenvalue weighted by molar-refractivity contribution is 0.367. The first-order chi connectivity index (χ1) is 12.6. The highest BCUT2D eigenvalue weighted by atomic mass is 35.5. The molecule has 0 aliphatic carbocycles. The molecular weight excluding hydrogens is 350 g/mol. The summed E-state index contributed by atoms with van der Waals surface area (Å²) in [5.41, 5.74) is 9.64. The molecule has 7 heteroatoms. The van der Waals surface area contributed by atoms with E-state index in [4.69, 9.17) is 22.1 Å². The van der Waals surface area contributed by atoms with Gasteiger partial charge in [0.2, 0.25) is 11.8 Å². The van der Waals surface area contributed by atoms with Crippen molar-refractivity contribution in [3.8, 4) is 17.6 Å². The first kappa shape index (κ1) is 16.2. The summed E-state index contributed by atoms with van der Waals surface area (Å²) in [5.74, 6) is 0.202. The third-order valence-corrected chi connectivity index (χ3v) is 4.56. The van der Waals surface area contributed by atoms with E-state index >= 15 is 0 Å². The predicted molar refractivity (Wildman–Crippen MR) is 96.8 cm³/mol. The molecule has 0 amide bonds. The summed E-state index contributed by atoms with van der Waals surface area (Å²) in [4.78, 5) is 4.05. The van der Waals surface area contributed by atoms with Gasteiger partial charge in [-0.3, -0.25) is 4.98 Å². The summed E-state index contributed by atoms with van der Waals surface area (Å²) in [6.45, 7) is 1.88. The van der Waals surface area contributed by atoms with E-state index in [9.17, 15) is 5.26 Å². The van der Waals surface area contributed by atoms with Crippen LogP contribution in [0.3, 0.4) is 0 Å². The second-order valence-electron chi connectivity index (χ2n) is 5.90. The Morgan fingerprint density at radius 3 is 2.73 bits per heavy atom. The number of fused-ring (bicyclic) bond motifs is 1. The van der Waals surface area contributed by atoms with Crippen LogP contribution < -0.4 is 10.5 Å². The summed E-state index contributed by atoms with van der Waals surface area (Å²) in [7, 11) is 0. The standard InChI is InChI=1S/C19H14ClN5O/c1-11-16-17(12-5-7-23-8-6-12)15(10-21)18(22)26-19(16)25(24-11)14-4-2-3-13(20)9-14/h2-9,17H,22H2,1H3/t17-/m1/s1. The Kier molecular flexibility index (Phi) is 3.86. The minimum absolute atomic E-state index is 0.0741. The molecule has 3 heterocycles. The Balaban J connectivity index is 1.96. The van der Waals surface area contributed by atoms with Crippen LogP contribution in [-0.2, 0) is 0 Å². The van der Waals surface area contributed by atoms with Crippen LogP contribution in [0.15, 0.2) is 60.2 Å². The van der Waals surface area contributed by atoms with E-state index in [1.165, 1.54) is 0 Å². The van der Waals surface area contributed by atoms with E-state index in [2.05, 4.69) is 16.2 Å². The van der Waals surface area contributed by atoms with E-state index in [1.807, 2.05) is 31.2 Å². The van der Waals surface area contributed by atoms with E-state index in [-0.39, 0.29) is 11.8 Å². The molecule has 0 saturated heterocycles. The Morgan fingerprint density at radius 1 is 1.27 bits per heavy atom. The molecule has 1 aliphatic rings. The van der Waals surface area contributed by atoms with Gasteiger partial charge in [-0.15, -0.1) is 0 Å². The number of allylic oxidation sites excluding steroid dienone is 1. The number of halogens is 1. The van der Waals surface area contributed by atoms with Crippen molar-refractivity contribution in [1.29, 1.82) is 5.26 Å². The maximum absolute atomic E-state index is 9.64. The number of hydrogen-bond donors (Lipinski definition) is 1. The van der Waals surface area contributed by atoms with Crippen LogP contribution in [0.4, 0.5) is 0 Å². The SMILES string of the molecule is Cc1nn(-c2cccc(Cl)c2)c2c1[C@H](c1ccncc1)C(C#N)=C(N)O2. The largest absolute Gasteiger partial charge is 0.422 e. The molecule has 2 N–H and O–H groups in total. The van der Waals surface area contributed by atoms with Crippen molar-refractivity contribution in [2.45, 2.75) is 12.8 Å². The molecule has 26 heavy (non-hydrogen) atoms. The lowest BCUT2D eigenvalue weighted by Gasteiger charge is -2.24. The third-order valence-electron chi connectivity index (χ3n) is 4.32. The summed E-state index contributed by atoms with van der Waals surface area (Å²) in [6, 6.07) is 13.2. The highest BCUT2D eigenvalue weighted by Gasteiger charge is 2.36. The van der Waals surface area contributed by atoms with Crippen molar-refractivity contribution in [2.24, 2.45) is 5.73 Å². The third kappa shape index (κ3) is 2.50. The van der Waals surface area contributed by atoms with E-state index < -0.39 is 0 Å². The van der Waals surface area contributed by atoms with Gasteiger partial charge in [0, 0.05) is 17.4 Å². The molecule has 1 aliphatic heterocycles. The predicted octanol–water partition coefficient (Wildman–Crippen LogP) is 3.45. The molecule has 0 radical (unpaired) electrons. The molecule has 3 aromatic rings. The average molecular weight is 364 g/mol. The summed E-state index contributed by atoms with van der Waals surface area (Å²) in [6.07, 6.45) is 3.37. The lowest BCUT2D eigenvalue weighted by atomic mass is 9.84. The average Bonchev–Trinajstić information content (AvgIpc) is 2.97. The molecule has 0 bridgehead atoms. The molecule has 0 unspecified atom stereocenters. The fourth-order valence-corrected chi connectivity index (χ4v) is 3.37. The number of nitrogens with two attached hydrogens (primary N) is 1. The molecule has 0 fully saturated rings. The molecule has 1 aromatic carbocycles. The monoisotopic (exact) mass is 363 g/mol. The normalized spacial score (nSPS) is 16.0. The number of hydrogen-bond acceptors (Lipinski definition) is 5. The first-order valence-corrected chi connectivity index (χ1v) is 8.31. The minimum Gasteiger partial charge on any atom is -0.422 e. The Labute approximate surface area is 155 Å². The molecule has 1 atom stereocenters. The summed E-state index contributed by atoms with van der Waals surface area (Å²) in [5, 5.41) is 14.8. The topological polar surface area (TPSA) is 89.8 Å². The maximum Gasteiger partial charge on any atom is 0.229 e. The zero-order valence-corrected chi connectivity index (χ0v) is 14.6. The van der Waals surface area contributed by atoms with Crippen LogP contribution in [-0.4, -0.2) is 14.8 Å². The molecular formula is C19H14ClN5O. The fourth-order valence-electron chi connectivity index (χ4n) is 3.19. The number of pyridine rings is 1. The molecule has 128 valence electrons. The van der Waals surface area contributed by atoms with Gasteiger partial charge in [0.15, 0.2) is 0 Å². The molecule has 6 nitrogen and oxygen atoms in total. The van der Waals surface area contributed by atoms with Crippen LogP contribution in [0.5, 0.6) is 5.88 Å². The van der Waals surface area contributed by atoms with Crippen molar-refractivity contribution in [2.75, 3.05) is 0 Å². The Bertz CT molecular complexity index is 1070. The van der Waals surface area contributed by atoms with Gasteiger partial charge in [-0.25, -0.2) is 4.68 Å². The van der Waals surface area contributed by atoms with Gasteiger partial charge in [0.05, 0.1) is 22.9 Å². The smallest absolute Gasteiger partial charge is 0.229 e. The van der Waals surface area contributed by atoms with Gasteiger partial charge >= 0.3 is 0 Å². The van der Waals surface area contributed by atoms with E-state index in [0.29, 0.717) is 16.5 Å². The number of benzene rings is 1. The quantitative estimate of drug-likeness (QED) is 0.753. The lowest BCUT2D eigenvalue weighted by Crippen LogP contribution is -2.22. The van der Waals surface area contributed by atoms with Crippen LogP contribution in [0.1, 0.15) is 22.7 Å². The Hall–Kier alpha value is -3.30. The molecule has 0 saturated carbocycles. The highest BCUT2D eigenvalue weighted by Crippen LogP contribution is 2.44. The number of rotatable bonds is 2. The van der Waals surface area contributed by atoms with Crippen molar-refractivity contribution in [3.63, 3.8) is 0 Å². The molecule has 2 aromatic heterocycles. The van der Waals surface area contributed by atoms with Crippen molar-refractivity contribution < 1.29 is 4.74 Å². The van der Waals surface area contributed by atoms with Crippen molar-refractivity contribution in [1.82, 2.24) is 14.8 Å². The first-order valence-electron chi connectivity index (χ1n) is 7.93. The fraction of sp³-hybridized carbons (Fsp3) is 0.105. The Morgan fingerprint density at radius 2 is 2.04 bits per heavy atom. The van der Waals surface area contributed by atoms with Crippen LogP contribution in [0.2, 0.25) is 5.02 Å². The molecule has 4 rings (SSSR count). The van der Waals surface area contributed by atoms with Gasteiger partial charge in [-0.05, 0) is 42.8 Å². The summed E-state index contributed by atoms with van der Waals surface area (Å²) >= 11 is 6.12. The van der Waals surface area contributed by atoms with Crippen molar-refractivity contribution in [3.05, 3.63) is 82.1 Å². The van der Waals surface area contributed by atoms with Gasteiger partial charge in [-0.1, -0.05) is 17.7 Å². The van der Waals surface area contributed by atoms with Gasteiger partial charge < -0.3 is 10.5 Å². The number of nitrogens with zero attached hydrogens (tertiary/aromatic N) is 4. The van der Waals surface area contributed by atoms with Crippen LogP contribution in [0, 0.1) is 18.3 Å². The van der Waals surface area contributed by atoms with E-state index in [0.717, 1.165) is 22.5 Å². The second kappa shape index (κ2) is 6.21. The molecule has 0 spiro atoms. The second-order valence-corrected chi connectivity index (χ2v) is 6.34. The zero-order valence-electron chi connectivity index (χ0n) is 13.8. The number of ether oxygens (including phenoxy) is 1.